The van der Waals surface area contributed by atoms with Crippen LogP contribution in [0.4, 0.5) is 5.69 Å². The third-order valence-corrected chi connectivity index (χ3v) is 6.84. The van der Waals surface area contributed by atoms with Gasteiger partial charge in [0.25, 0.3) is 5.91 Å². The molecular formula is C31H37N4O4+. The van der Waals surface area contributed by atoms with E-state index in [1.165, 1.54) is 7.11 Å². The molecule has 1 heterocycles. The van der Waals surface area contributed by atoms with E-state index in [1.807, 2.05) is 80.1 Å². The van der Waals surface area contributed by atoms with E-state index in [2.05, 4.69) is 5.32 Å². The average molecular weight is 530 g/mol. The Morgan fingerprint density at radius 3 is 2.44 bits per heavy atom. The molecule has 0 bridgehead atoms. The highest BCUT2D eigenvalue weighted by atomic mass is 16.5. The average Bonchev–Trinajstić information content (AvgIpc) is 2.94. The zero-order chi connectivity index (χ0) is 28.1. The number of hydrogen-bond donors (Lipinski definition) is 2. The van der Waals surface area contributed by atoms with Crippen LogP contribution in [-0.4, -0.2) is 60.3 Å². The number of carbonyl (C=O) groups excluding carboxylic acids is 2. The molecule has 8 nitrogen and oxygen atoms in total. The smallest absolute Gasteiger partial charge is 0.338 e. The predicted molar refractivity (Wildman–Crippen MR) is 156 cm³/mol. The molecule has 4 rings (SSSR count). The van der Waals surface area contributed by atoms with E-state index in [-0.39, 0.29) is 5.91 Å². The topological polar surface area (TPSA) is 101 Å². The lowest BCUT2D eigenvalue weighted by molar-refractivity contribution is 0.0601. The summed E-state index contributed by atoms with van der Waals surface area (Å²) in [6, 6.07) is 17.2. The van der Waals surface area contributed by atoms with Crippen LogP contribution in [0.15, 0.2) is 59.0 Å². The summed E-state index contributed by atoms with van der Waals surface area (Å²) in [6.07, 6.45) is 2.72. The minimum absolute atomic E-state index is 0.233. The molecule has 3 N–H and O–H groups in total. The van der Waals surface area contributed by atoms with Crippen LogP contribution in [0.1, 0.15) is 40.0 Å². The highest BCUT2D eigenvalue weighted by Crippen LogP contribution is 2.42. The van der Waals surface area contributed by atoms with Crippen molar-refractivity contribution in [2.24, 2.45) is 5.73 Å². The zero-order valence-corrected chi connectivity index (χ0v) is 23.3. The second-order valence-electron chi connectivity index (χ2n) is 9.98. The van der Waals surface area contributed by atoms with Crippen molar-refractivity contribution in [1.82, 2.24) is 9.89 Å². The number of anilines is 1. The number of hydrogen-bond acceptors (Lipinski definition) is 6. The fraction of sp³-hybridized carbons (Fsp3) is 0.323. The van der Waals surface area contributed by atoms with E-state index in [0.29, 0.717) is 41.1 Å². The molecule has 1 amide bonds. The molecule has 0 unspecified atom stereocenters. The van der Waals surface area contributed by atoms with Gasteiger partial charge in [0.15, 0.2) is 0 Å². The molecule has 2 aliphatic rings. The highest BCUT2D eigenvalue weighted by Gasteiger charge is 2.24. The van der Waals surface area contributed by atoms with Gasteiger partial charge in [-0.2, -0.15) is 0 Å². The molecule has 2 aromatic carbocycles. The maximum absolute atomic E-state index is 13.1. The van der Waals surface area contributed by atoms with Crippen LogP contribution in [0.5, 0.6) is 0 Å². The SMILES string of the molecule is COC(=O)c1cc(C(=O)NCCCCCN)ccc1-c1c2ccc(=[N+](C)C)cc-2oc2cc(N(C)C)ccc12. The molecule has 0 spiro atoms. The first-order chi connectivity index (χ1) is 18.7. The van der Waals surface area contributed by atoms with E-state index in [9.17, 15) is 9.59 Å². The van der Waals surface area contributed by atoms with Gasteiger partial charge in [-0.05, 0) is 55.3 Å². The van der Waals surface area contributed by atoms with Crippen molar-refractivity contribution in [3.8, 4) is 22.5 Å². The molecule has 8 heteroatoms. The van der Waals surface area contributed by atoms with Crippen molar-refractivity contribution >= 4 is 28.5 Å². The Labute approximate surface area is 229 Å². The summed E-state index contributed by atoms with van der Waals surface area (Å²) in [5.74, 6) is -0.0577. The van der Waals surface area contributed by atoms with Gasteiger partial charge >= 0.3 is 5.97 Å². The fourth-order valence-corrected chi connectivity index (χ4v) is 4.65. The third kappa shape index (κ3) is 5.96. The Kier molecular flexibility index (Phi) is 8.66. The highest BCUT2D eigenvalue weighted by molar-refractivity contribution is 6.09. The largest absolute Gasteiger partial charge is 0.465 e. The van der Waals surface area contributed by atoms with Crippen molar-refractivity contribution < 1.29 is 18.7 Å². The number of rotatable bonds is 9. The van der Waals surface area contributed by atoms with Crippen molar-refractivity contribution in [3.63, 3.8) is 0 Å². The summed E-state index contributed by atoms with van der Waals surface area (Å²) in [7, 11) is 9.25. The van der Waals surface area contributed by atoms with Gasteiger partial charge in [-0.3, -0.25) is 4.79 Å². The Balaban J connectivity index is 1.91. The zero-order valence-electron chi connectivity index (χ0n) is 23.3. The first-order valence-corrected chi connectivity index (χ1v) is 13.1. The Hall–Kier alpha value is -4.17. The molecule has 1 aliphatic carbocycles. The molecule has 204 valence electrons. The summed E-state index contributed by atoms with van der Waals surface area (Å²) in [6.45, 7) is 1.19. The molecule has 0 saturated heterocycles. The van der Waals surface area contributed by atoms with Gasteiger partial charge in [0, 0.05) is 60.5 Å². The first-order valence-electron chi connectivity index (χ1n) is 13.1. The van der Waals surface area contributed by atoms with Crippen LogP contribution in [0.3, 0.4) is 0 Å². The minimum atomic E-state index is -0.514. The van der Waals surface area contributed by atoms with Gasteiger partial charge in [0.1, 0.15) is 25.4 Å². The molecule has 0 atom stereocenters. The van der Waals surface area contributed by atoms with Gasteiger partial charge in [-0.1, -0.05) is 12.5 Å². The normalized spacial score (nSPS) is 11.0. The van der Waals surface area contributed by atoms with Crippen LogP contribution >= 0.6 is 0 Å². The van der Waals surface area contributed by atoms with Crippen molar-refractivity contribution in [1.29, 1.82) is 0 Å². The Morgan fingerprint density at radius 2 is 1.74 bits per heavy atom. The Morgan fingerprint density at radius 1 is 0.974 bits per heavy atom. The number of unbranched alkanes of at least 4 members (excludes halogenated alkanes) is 2. The van der Waals surface area contributed by atoms with Crippen molar-refractivity contribution in [3.05, 3.63) is 71.1 Å². The summed E-state index contributed by atoms with van der Waals surface area (Å²) >= 11 is 0. The summed E-state index contributed by atoms with van der Waals surface area (Å²) in [5, 5.41) is 4.79. The Bertz CT molecular complexity index is 1550. The van der Waals surface area contributed by atoms with Gasteiger partial charge < -0.3 is 25.1 Å². The van der Waals surface area contributed by atoms with Crippen LogP contribution in [0.25, 0.3) is 33.4 Å². The fourth-order valence-electron chi connectivity index (χ4n) is 4.65. The predicted octanol–water partition coefficient (Wildman–Crippen LogP) is 3.95. The minimum Gasteiger partial charge on any atom is -0.465 e. The quantitative estimate of drug-likeness (QED) is 0.147. The standard InChI is InChI=1S/C31H36N4O4/c1-34(2)21-10-13-24-27(18-21)39-28-19-22(35(3)4)11-14-25(28)29(24)23-12-9-20(17-26(23)31(37)38-5)30(36)33-16-8-6-7-15-32/h9-14,17-19H,6-8,15-16,32H2,1-5H3/p+1. The third-order valence-electron chi connectivity index (χ3n) is 6.84. The van der Waals surface area contributed by atoms with Crippen molar-refractivity contribution in [2.75, 3.05) is 53.3 Å². The number of methoxy groups -OCH3 is 1. The number of fused-ring (bicyclic) bond motifs is 2. The molecular weight excluding hydrogens is 492 g/mol. The number of benzene rings is 3. The number of nitrogens with zero attached hydrogens (tertiary/aromatic N) is 2. The summed E-state index contributed by atoms with van der Waals surface area (Å²) in [4.78, 5) is 28.0. The number of nitrogens with one attached hydrogen (secondary N) is 1. The van der Waals surface area contributed by atoms with Crippen LogP contribution in [0, 0.1) is 0 Å². The molecule has 39 heavy (non-hydrogen) atoms. The van der Waals surface area contributed by atoms with Gasteiger partial charge in [0.05, 0.1) is 18.7 Å². The molecule has 0 radical (unpaired) electrons. The van der Waals surface area contributed by atoms with Crippen LogP contribution in [-0.2, 0) is 4.74 Å². The lowest BCUT2D eigenvalue weighted by atomic mass is 9.89. The lowest BCUT2D eigenvalue weighted by Crippen LogP contribution is -2.25. The maximum atomic E-state index is 13.1. The summed E-state index contributed by atoms with van der Waals surface area (Å²) < 4.78 is 13.6. The van der Waals surface area contributed by atoms with E-state index in [0.717, 1.165) is 46.8 Å². The first kappa shape index (κ1) is 27.9. The van der Waals surface area contributed by atoms with Crippen molar-refractivity contribution in [2.45, 2.75) is 19.3 Å². The van der Waals surface area contributed by atoms with Crippen LogP contribution < -0.4 is 25.9 Å². The number of carbonyl (C=O) groups is 2. The second-order valence-corrected chi connectivity index (χ2v) is 9.98. The molecule has 1 aliphatic heterocycles. The lowest BCUT2D eigenvalue weighted by Gasteiger charge is -2.19. The molecule has 0 saturated carbocycles. The number of nitrogens with two attached hydrogens (primary N) is 1. The van der Waals surface area contributed by atoms with E-state index >= 15 is 0 Å². The second kappa shape index (κ2) is 12.1. The number of amides is 1. The van der Waals surface area contributed by atoms with E-state index < -0.39 is 5.97 Å². The molecule has 0 fully saturated rings. The summed E-state index contributed by atoms with van der Waals surface area (Å²) in [5.41, 5.74) is 10.3. The van der Waals surface area contributed by atoms with E-state index in [1.54, 1.807) is 12.1 Å². The molecule has 2 aromatic rings. The molecule has 0 aromatic heterocycles. The van der Waals surface area contributed by atoms with Gasteiger partial charge in [-0.25, -0.2) is 9.37 Å². The number of esters is 1. The van der Waals surface area contributed by atoms with E-state index in [4.69, 9.17) is 14.9 Å². The number of ether oxygens (including phenoxy) is 1. The monoisotopic (exact) mass is 529 g/mol. The van der Waals surface area contributed by atoms with Crippen LogP contribution in [0.2, 0.25) is 0 Å². The maximum Gasteiger partial charge on any atom is 0.338 e. The van der Waals surface area contributed by atoms with Gasteiger partial charge in [-0.15, -0.1) is 0 Å². The van der Waals surface area contributed by atoms with Gasteiger partial charge in [0.2, 0.25) is 5.36 Å².